The van der Waals surface area contributed by atoms with Crippen molar-refractivity contribution in [1.29, 1.82) is 0 Å². The summed E-state index contributed by atoms with van der Waals surface area (Å²) >= 11 is 3.44. The maximum atomic E-state index is 12.3. The highest BCUT2D eigenvalue weighted by molar-refractivity contribution is 9.10. The molecule has 1 aromatic carbocycles. The van der Waals surface area contributed by atoms with Gasteiger partial charge >= 0.3 is 0 Å². The molecule has 2 rings (SSSR count). The van der Waals surface area contributed by atoms with E-state index in [-0.39, 0.29) is 12.0 Å². The van der Waals surface area contributed by atoms with Crippen LogP contribution in [0.25, 0.3) is 0 Å². The van der Waals surface area contributed by atoms with E-state index in [1.54, 1.807) is 0 Å². The van der Waals surface area contributed by atoms with E-state index < -0.39 is 0 Å². The van der Waals surface area contributed by atoms with Gasteiger partial charge < -0.3 is 15.4 Å². The minimum atomic E-state index is 0.202. The van der Waals surface area contributed by atoms with Crippen LogP contribution in [0.2, 0.25) is 0 Å². The van der Waals surface area contributed by atoms with E-state index in [4.69, 9.17) is 10.5 Å². The number of hydrogen-bond donors (Lipinski definition) is 1. The van der Waals surface area contributed by atoms with Crippen molar-refractivity contribution in [3.63, 3.8) is 0 Å². The lowest BCUT2D eigenvalue weighted by atomic mass is 10.1. The number of carbonyl (C=O) groups excluding carboxylic acids is 1. The van der Waals surface area contributed by atoms with E-state index in [2.05, 4.69) is 15.9 Å². The number of hydrogen-bond acceptors (Lipinski definition) is 3. The van der Waals surface area contributed by atoms with E-state index in [0.29, 0.717) is 13.0 Å². The minimum Gasteiger partial charge on any atom is -0.378 e. The molecular formula is C16H23BrN2O2. The Kier molecular flexibility index (Phi) is 6.67. The number of nitrogens with zero attached hydrogens (tertiary/aromatic N) is 1. The molecule has 0 spiro atoms. The maximum absolute atomic E-state index is 12.3. The Morgan fingerprint density at radius 3 is 2.81 bits per heavy atom. The largest absolute Gasteiger partial charge is 0.378 e. The van der Waals surface area contributed by atoms with E-state index >= 15 is 0 Å². The van der Waals surface area contributed by atoms with Crippen molar-refractivity contribution < 1.29 is 9.53 Å². The zero-order chi connectivity index (χ0) is 15.1. The van der Waals surface area contributed by atoms with Gasteiger partial charge in [-0.1, -0.05) is 28.1 Å². The second kappa shape index (κ2) is 8.51. The second-order valence-corrected chi connectivity index (χ2v) is 6.32. The molecule has 0 aliphatic carbocycles. The number of carbonyl (C=O) groups is 1. The van der Waals surface area contributed by atoms with Crippen LogP contribution >= 0.6 is 15.9 Å². The lowest BCUT2D eigenvalue weighted by Crippen LogP contribution is -2.41. The topological polar surface area (TPSA) is 55.6 Å². The first-order valence-electron chi connectivity index (χ1n) is 7.53. The van der Waals surface area contributed by atoms with E-state index in [9.17, 15) is 4.79 Å². The summed E-state index contributed by atoms with van der Waals surface area (Å²) in [6.07, 6.45) is 3.51. The van der Waals surface area contributed by atoms with E-state index in [1.165, 1.54) is 0 Å². The fraction of sp³-hybridized carbons (Fsp3) is 0.562. The molecule has 21 heavy (non-hydrogen) atoms. The monoisotopic (exact) mass is 354 g/mol. The van der Waals surface area contributed by atoms with E-state index in [1.807, 2.05) is 29.2 Å². The molecule has 1 aromatic rings. The van der Waals surface area contributed by atoms with Gasteiger partial charge in [-0.2, -0.15) is 0 Å². The molecular weight excluding hydrogens is 332 g/mol. The summed E-state index contributed by atoms with van der Waals surface area (Å²) < 4.78 is 6.77. The van der Waals surface area contributed by atoms with Crippen molar-refractivity contribution in [3.05, 3.63) is 34.3 Å². The summed E-state index contributed by atoms with van der Waals surface area (Å²) in [5, 5.41) is 0. The van der Waals surface area contributed by atoms with Crippen molar-refractivity contribution >= 4 is 21.8 Å². The summed E-state index contributed by atoms with van der Waals surface area (Å²) in [6.45, 7) is 2.98. The summed E-state index contributed by atoms with van der Waals surface area (Å²) in [5.74, 6) is 0.202. The molecule has 1 saturated heterocycles. The number of benzene rings is 1. The molecule has 0 bridgehead atoms. The average Bonchev–Trinajstić information content (AvgIpc) is 2.48. The van der Waals surface area contributed by atoms with Crippen molar-refractivity contribution in [2.75, 3.05) is 26.2 Å². The molecule has 1 aliphatic heterocycles. The van der Waals surface area contributed by atoms with Crippen LogP contribution in [0.5, 0.6) is 0 Å². The van der Waals surface area contributed by atoms with Crippen LogP contribution < -0.4 is 5.73 Å². The zero-order valence-corrected chi connectivity index (χ0v) is 13.8. The highest BCUT2D eigenvalue weighted by Crippen LogP contribution is 2.17. The Morgan fingerprint density at radius 2 is 2.14 bits per heavy atom. The molecule has 1 fully saturated rings. The number of ether oxygens (including phenoxy) is 1. The summed E-state index contributed by atoms with van der Waals surface area (Å²) in [5.41, 5.74) is 6.51. The first-order chi connectivity index (χ1) is 10.2. The maximum Gasteiger partial charge on any atom is 0.226 e. The van der Waals surface area contributed by atoms with Gasteiger partial charge in [0.2, 0.25) is 5.91 Å². The predicted molar refractivity (Wildman–Crippen MR) is 87.1 cm³/mol. The van der Waals surface area contributed by atoms with Gasteiger partial charge in [0, 0.05) is 24.2 Å². The van der Waals surface area contributed by atoms with Gasteiger partial charge in [-0.25, -0.2) is 0 Å². The summed E-state index contributed by atoms with van der Waals surface area (Å²) in [4.78, 5) is 14.2. The number of rotatable bonds is 6. The van der Waals surface area contributed by atoms with Crippen molar-refractivity contribution in [1.82, 2.24) is 4.90 Å². The highest BCUT2D eigenvalue weighted by atomic mass is 79.9. The van der Waals surface area contributed by atoms with Crippen LogP contribution in [-0.4, -0.2) is 43.2 Å². The molecule has 0 unspecified atom stereocenters. The first kappa shape index (κ1) is 16.5. The molecule has 4 nitrogen and oxygen atoms in total. The smallest absolute Gasteiger partial charge is 0.226 e. The summed E-state index contributed by atoms with van der Waals surface area (Å²) in [7, 11) is 0. The molecule has 116 valence electrons. The first-order valence-corrected chi connectivity index (χ1v) is 8.32. The molecule has 0 saturated carbocycles. The second-order valence-electron chi connectivity index (χ2n) is 5.40. The molecule has 5 heteroatoms. The quantitative estimate of drug-likeness (QED) is 0.797. The van der Waals surface area contributed by atoms with Crippen LogP contribution in [0.1, 0.15) is 24.8 Å². The zero-order valence-electron chi connectivity index (χ0n) is 12.3. The molecule has 1 amide bonds. The molecule has 0 radical (unpaired) electrons. The lowest BCUT2D eigenvalue weighted by Gasteiger charge is -2.32. The number of nitrogens with two attached hydrogens (primary N) is 1. The molecule has 1 aliphatic rings. The van der Waals surface area contributed by atoms with Crippen LogP contribution in [0.15, 0.2) is 28.7 Å². The Morgan fingerprint density at radius 1 is 1.38 bits per heavy atom. The van der Waals surface area contributed by atoms with Gasteiger partial charge in [0.1, 0.15) is 0 Å². The van der Waals surface area contributed by atoms with Gasteiger partial charge in [-0.3, -0.25) is 4.79 Å². The van der Waals surface area contributed by atoms with Crippen molar-refractivity contribution in [2.24, 2.45) is 5.73 Å². The average molecular weight is 355 g/mol. The van der Waals surface area contributed by atoms with Crippen LogP contribution in [-0.2, 0) is 16.0 Å². The Balaban J connectivity index is 1.75. The molecule has 0 atom stereocenters. The summed E-state index contributed by atoms with van der Waals surface area (Å²) in [6, 6.07) is 7.92. The predicted octanol–water partition coefficient (Wildman–Crippen LogP) is 2.35. The number of amides is 1. The number of likely N-dealkylation sites (tertiary alicyclic amines) is 1. The third kappa shape index (κ3) is 5.41. The van der Waals surface area contributed by atoms with Gasteiger partial charge in [0.25, 0.3) is 0 Å². The minimum absolute atomic E-state index is 0.202. The lowest BCUT2D eigenvalue weighted by molar-refractivity contribution is -0.133. The number of halogens is 1. The Hall–Kier alpha value is -0.910. The fourth-order valence-corrected chi connectivity index (χ4v) is 2.99. The van der Waals surface area contributed by atoms with Crippen molar-refractivity contribution in [2.45, 2.75) is 31.8 Å². The van der Waals surface area contributed by atoms with Crippen LogP contribution in [0.4, 0.5) is 0 Å². The number of piperidine rings is 1. The Bertz CT molecular complexity index is 459. The van der Waals surface area contributed by atoms with Crippen LogP contribution in [0, 0.1) is 0 Å². The normalized spacial score (nSPS) is 16.2. The van der Waals surface area contributed by atoms with Crippen molar-refractivity contribution in [3.8, 4) is 0 Å². The SMILES string of the molecule is NCCCOC1CCN(C(=O)Cc2cccc(Br)c2)CC1. The molecule has 2 N–H and O–H groups in total. The highest BCUT2D eigenvalue weighted by Gasteiger charge is 2.23. The molecule has 1 heterocycles. The van der Waals surface area contributed by atoms with Gasteiger partial charge in [0.15, 0.2) is 0 Å². The van der Waals surface area contributed by atoms with Gasteiger partial charge in [-0.15, -0.1) is 0 Å². The molecule has 0 aromatic heterocycles. The Labute approximate surface area is 134 Å². The standard InChI is InChI=1S/C16H23BrN2O2/c17-14-4-1-3-13(11-14)12-16(20)19-8-5-15(6-9-19)21-10-2-7-18/h1,3-4,11,15H,2,5-10,12,18H2. The van der Waals surface area contributed by atoms with Crippen LogP contribution in [0.3, 0.4) is 0 Å². The van der Waals surface area contributed by atoms with Gasteiger partial charge in [0.05, 0.1) is 12.5 Å². The van der Waals surface area contributed by atoms with Gasteiger partial charge in [-0.05, 0) is 43.5 Å². The third-order valence-corrected chi connectivity index (χ3v) is 4.23. The third-order valence-electron chi connectivity index (χ3n) is 3.74. The fourth-order valence-electron chi connectivity index (χ4n) is 2.54. The van der Waals surface area contributed by atoms with E-state index in [0.717, 1.165) is 49.0 Å².